The number of anilines is 1. The summed E-state index contributed by atoms with van der Waals surface area (Å²) >= 11 is 0. The summed E-state index contributed by atoms with van der Waals surface area (Å²) in [6, 6.07) is 0.270. The second-order valence-electron chi connectivity index (χ2n) is 5.23. The normalized spacial score (nSPS) is 11.5. The molecule has 1 heterocycles. The molecule has 17 heavy (non-hydrogen) atoms. The number of nitrogens with zero attached hydrogens (tertiary/aromatic N) is 2. The van der Waals surface area contributed by atoms with Crippen LogP contribution in [0.3, 0.4) is 0 Å². The number of hydrogen-bond acceptors (Lipinski definition) is 3. The molecule has 0 aromatic carbocycles. The monoisotopic (exact) mass is 239 g/mol. The molecule has 0 spiro atoms. The largest absolute Gasteiger partial charge is 0.476 e. The van der Waals surface area contributed by atoms with Gasteiger partial charge in [0.1, 0.15) is 5.69 Å². The van der Waals surface area contributed by atoms with Crippen molar-refractivity contribution in [2.45, 2.75) is 53.5 Å². The van der Waals surface area contributed by atoms with Crippen LogP contribution in [0.15, 0.2) is 0 Å². The SMILES string of the molecule is Cc1nn(C(C)C)c(OCCCC(C)C)c1N. The molecule has 0 amide bonds. The predicted octanol–water partition coefficient (Wildman–Crippen LogP) is 3.17. The maximum atomic E-state index is 5.97. The Morgan fingerprint density at radius 1 is 1.29 bits per heavy atom. The Kier molecular flexibility index (Phi) is 4.85. The van der Waals surface area contributed by atoms with Crippen LogP contribution in [0, 0.1) is 12.8 Å². The quantitative estimate of drug-likeness (QED) is 0.776. The lowest BCUT2D eigenvalue weighted by Gasteiger charge is -2.13. The van der Waals surface area contributed by atoms with Crippen molar-refractivity contribution in [2.24, 2.45) is 5.92 Å². The molecule has 0 saturated heterocycles. The number of nitrogen functional groups attached to an aromatic ring is 1. The predicted molar refractivity (Wildman–Crippen MR) is 71.3 cm³/mol. The summed E-state index contributed by atoms with van der Waals surface area (Å²) < 4.78 is 7.64. The van der Waals surface area contributed by atoms with Crippen LogP contribution in [0.2, 0.25) is 0 Å². The molecule has 0 radical (unpaired) electrons. The van der Waals surface area contributed by atoms with Gasteiger partial charge in [-0.1, -0.05) is 13.8 Å². The summed E-state index contributed by atoms with van der Waals surface area (Å²) in [6.45, 7) is 11.2. The molecule has 4 heteroatoms. The van der Waals surface area contributed by atoms with Crippen molar-refractivity contribution in [1.82, 2.24) is 9.78 Å². The number of aromatic nitrogens is 2. The van der Waals surface area contributed by atoms with E-state index in [1.807, 2.05) is 11.6 Å². The highest BCUT2D eigenvalue weighted by atomic mass is 16.5. The van der Waals surface area contributed by atoms with Gasteiger partial charge in [-0.25, -0.2) is 4.68 Å². The summed E-state index contributed by atoms with van der Waals surface area (Å²) in [5, 5.41) is 4.39. The van der Waals surface area contributed by atoms with Gasteiger partial charge in [0.2, 0.25) is 5.88 Å². The summed E-state index contributed by atoms with van der Waals surface area (Å²) in [5.74, 6) is 1.44. The Hall–Kier alpha value is -1.19. The molecule has 0 saturated carbocycles. The van der Waals surface area contributed by atoms with Gasteiger partial charge in [0.05, 0.1) is 18.3 Å². The van der Waals surface area contributed by atoms with Crippen LogP contribution < -0.4 is 10.5 Å². The average Bonchev–Trinajstić information content (AvgIpc) is 2.51. The topological polar surface area (TPSA) is 53.1 Å². The highest BCUT2D eigenvalue weighted by molar-refractivity contribution is 5.52. The Bertz CT molecular complexity index is 356. The second-order valence-corrected chi connectivity index (χ2v) is 5.23. The molecule has 0 unspecified atom stereocenters. The van der Waals surface area contributed by atoms with Crippen LogP contribution in [0.25, 0.3) is 0 Å². The van der Waals surface area contributed by atoms with Crippen molar-refractivity contribution >= 4 is 5.69 Å². The summed E-state index contributed by atoms with van der Waals surface area (Å²) in [4.78, 5) is 0. The molecular formula is C13H25N3O. The van der Waals surface area contributed by atoms with Crippen LogP contribution in [-0.2, 0) is 0 Å². The smallest absolute Gasteiger partial charge is 0.236 e. The number of rotatable bonds is 6. The summed E-state index contributed by atoms with van der Waals surface area (Å²) in [5.41, 5.74) is 7.49. The van der Waals surface area contributed by atoms with Crippen LogP contribution in [0.5, 0.6) is 5.88 Å². The minimum absolute atomic E-state index is 0.270. The first-order valence-corrected chi connectivity index (χ1v) is 6.40. The van der Waals surface area contributed by atoms with Crippen LogP contribution in [0.4, 0.5) is 5.69 Å². The summed E-state index contributed by atoms with van der Waals surface area (Å²) in [7, 11) is 0. The van der Waals surface area contributed by atoms with Gasteiger partial charge in [0.25, 0.3) is 0 Å². The Morgan fingerprint density at radius 2 is 1.94 bits per heavy atom. The molecule has 0 fully saturated rings. The number of ether oxygens (including phenoxy) is 1. The highest BCUT2D eigenvalue weighted by Crippen LogP contribution is 2.28. The van der Waals surface area contributed by atoms with E-state index in [-0.39, 0.29) is 6.04 Å². The molecule has 0 aliphatic heterocycles. The highest BCUT2D eigenvalue weighted by Gasteiger charge is 2.15. The van der Waals surface area contributed by atoms with Crippen molar-refractivity contribution in [2.75, 3.05) is 12.3 Å². The van der Waals surface area contributed by atoms with Crippen molar-refractivity contribution < 1.29 is 4.74 Å². The van der Waals surface area contributed by atoms with Crippen molar-refractivity contribution in [3.05, 3.63) is 5.69 Å². The van der Waals surface area contributed by atoms with Gasteiger partial charge < -0.3 is 10.5 Å². The fourth-order valence-electron chi connectivity index (χ4n) is 1.69. The van der Waals surface area contributed by atoms with Crippen molar-refractivity contribution in [3.8, 4) is 5.88 Å². The first-order chi connectivity index (χ1) is 7.93. The van der Waals surface area contributed by atoms with E-state index in [0.29, 0.717) is 18.2 Å². The van der Waals surface area contributed by atoms with E-state index in [4.69, 9.17) is 10.5 Å². The van der Waals surface area contributed by atoms with E-state index in [1.165, 1.54) is 6.42 Å². The fraction of sp³-hybridized carbons (Fsp3) is 0.769. The molecule has 1 aromatic heterocycles. The average molecular weight is 239 g/mol. The Morgan fingerprint density at radius 3 is 2.47 bits per heavy atom. The van der Waals surface area contributed by atoms with E-state index in [0.717, 1.165) is 18.0 Å². The second kappa shape index (κ2) is 5.94. The van der Waals surface area contributed by atoms with Gasteiger partial charge in [-0.2, -0.15) is 5.10 Å². The van der Waals surface area contributed by atoms with Gasteiger partial charge >= 0.3 is 0 Å². The zero-order valence-corrected chi connectivity index (χ0v) is 11.7. The van der Waals surface area contributed by atoms with E-state index in [9.17, 15) is 0 Å². The Labute approximate surface area is 104 Å². The lowest BCUT2D eigenvalue weighted by molar-refractivity contribution is 0.263. The first kappa shape index (κ1) is 13.9. The lowest BCUT2D eigenvalue weighted by Crippen LogP contribution is -2.09. The fourth-order valence-corrected chi connectivity index (χ4v) is 1.69. The van der Waals surface area contributed by atoms with Crippen LogP contribution in [-0.4, -0.2) is 16.4 Å². The molecule has 0 bridgehead atoms. The maximum Gasteiger partial charge on any atom is 0.236 e. The van der Waals surface area contributed by atoms with Crippen LogP contribution in [0.1, 0.15) is 52.3 Å². The zero-order valence-electron chi connectivity index (χ0n) is 11.7. The van der Waals surface area contributed by atoms with Gasteiger partial charge in [0, 0.05) is 0 Å². The van der Waals surface area contributed by atoms with Gasteiger partial charge in [-0.05, 0) is 39.5 Å². The number of hydrogen-bond donors (Lipinski definition) is 1. The molecule has 1 rings (SSSR count). The van der Waals surface area contributed by atoms with E-state index in [1.54, 1.807) is 0 Å². The standard InChI is InChI=1S/C13H25N3O/c1-9(2)7-6-8-17-13-12(14)11(5)15-16(13)10(3)4/h9-10H,6-8,14H2,1-5H3. The lowest BCUT2D eigenvalue weighted by atomic mass is 10.1. The third kappa shape index (κ3) is 3.65. The van der Waals surface area contributed by atoms with Crippen molar-refractivity contribution in [3.63, 3.8) is 0 Å². The maximum absolute atomic E-state index is 5.97. The molecule has 0 atom stereocenters. The minimum Gasteiger partial charge on any atom is -0.476 e. The Balaban J connectivity index is 2.63. The molecular weight excluding hydrogens is 214 g/mol. The zero-order chi connectivity index (χ0) is 13.0. The molecule has 2 N–H and O–H groups in total. The summed E-state index contributed by atoms with van der Waals surface area (Å²) in [6.07, 6.45) is 2.23. The third-order valence-electron chi connectivity index (χ3n) is 2.74. The van der Waals surface area contributed by atoms with E-state index < -0.39 is 0 Å². The van der Waals surface area contributed by atoms with E-state index in [2.05, 4.69) is 32.8 Å². The molecule has 0 aliphatic rings. The van der Waals surface area contributed by atoms with Crippen LogP contribution >= 0.6 is 0 Å². The van der Waals surface area contributed by atoms with Gasteiger partial charge in [0.15, 0.2) is 0 Å². The molecule has 0 aliphatic carbocycles. The van der Waals surface area contributed by atoms with Gasteiger partial charge in [-0.15, -0.1) is 0 Å². The molecule has 4 nitrogen and oxygen atoms in total. The molecule has 1 aromatic rings. The van der Waals surface area contributed by atoms with Crippen molar-refractivity contribution in [1.29, 1.82) is 0 Å². The first-order valence-electron chi connectivity index (χ1n) is 6.40. The third-order valence-corrected chi connectivity index (χ3v) is 2.74. The van der Waals surface area contributed by atoms with E-state index >= 15 is 0 Å². The number of aryl methyl sites for hydroxylation is 1. The van der Waals surface area contributed by atoms with Gasteiger partial charge in [-0.3, -0.25) is 0 Å². The minimum atomic E-state index is 0.270. The number of nitrogens with two attached hydrogens (primary N) is 1. The molecule has 98 valence electrons.